The molecule has 32 heavy (non-hydrogen) atoms. The number of amides is 2. The number of rotatable bonds is 6. The number of anilines is 2. The van der Waals surface area contributed by atoms with Crippen LogP contribution in [0.15, 0.2) is 78.9 Å². The molecule has 162 valence electrons. The standard InChI is InChI=1S/C24H19Cl2N3O2S/c25-17-8-6-9-18(13-17)27-22(30)14-21-23(31)29(19-10-2-1-3-11-19)24(32)28(21)15-16-7-4-5-12-20(16)26/h1-13,21H,14-15H2,(H,27,30)/t21-/m0/s1. The number of halogens is 2. The number of nitrogens with one attached hydrogen (secondary N) is 1. The fraction of sp³-hybridized carbons (Fsp3) is 0.125. The number of hydrogen-bond donors (Lipinski definition) is 1. The van der Waals surface area contributed by atoms with Gasteiger partial charge in [0.15, 0.2) is 5.11 Å². The Bertz CT molecular complexity index is 1170. The summed E-state index contributed by atoms with van der Waals surface area (Å²) in [6.07, 6.45) is -0.0702. The monoisotopic (exact) mass is 483 g/mol. The first-order valence-corrected chi connectivity index (χ1v) is 11.1. The van der Waals surface area contributed by atoms with Gasteiger partial charge in [-0.3, -0.25) is 14.5 Å². The second kappa shape index (κ2) is 9.69. The first-order chi connectivity index (χ1) is 15.4. The molecule has 1 heterocycles. The van der Waals surface area contributed by atoms with E-state index in [2.05, 4.69) is 5.32 Å². The quantitative estimate of drug-likeness (QED) is 0.468. The highest BCUT2D eigenvalue weighted by molar-refractivity contribution is 7.80. The van der Waals surface area contributed by atoms with E-state index in [1.807, 2.05) is 48.5 Å². The molecule has 4 rings (SSSR count). The van der Waals surface area contributed by atoms with Crippen LogP contribution in [0.25, 0.3) is 0 Å². The van der Waals surface area contributed by atoms with Crippen LogP contribution in [0.5, 0.6) is 0 Å². The Balaban J connectivity index is 1.61. The Morgan fingerprint density at radius 2 is 1.69 bits per heavy atom. The molecular formula is C24H19Cl2N3O2S. The van der Waals surface area contributed by atoms with Crippen molar-refractivity contribution in [3.8, 4) is 0 Å². The molecule has 1 aliphatic rings. The van der Waals surface area contributed by atoms with Crippen molar-refractivity contribution in [2.45, 2.75) is 19.0 Å². The number of nitrogens with zero attached hydrogens (tertiary/aromatic N) is 2. The van der Waals surface area contributed by atoms with Crippen LogP contribution in [0.3, 0.4) is 0 Å². The minimum atomic E-state index is -0.766. The first kappa shape index (κ1) is 22.3. The second-order valence-electron chi connectivity index (χ2n) is 7.29. The number of hydrogen-bond acceptors (Lipinski definition) is 3. The summed E-state index contributed by atoms with van der Waals surface area (Å²) in [5.41, 5.74) is 2.04. The fourth-order valence-electron chi connectivity index (χ4n) is 3.59. The minimum Gasteiger partial charge on any atom is -0.332 e. The second-order valence-corrected chi connectivity index (χ2v) is 8.50. The van der Waals surface area contributed by atoms with Gasteiger partial charge in [0.2, 0.25) is 5.91 Å². The van der Waals surface area contributed by atoms with Crippen LogP contribution >= 0.6 is 35.4 Å². The van der Waals surface area contributed by atoms with Crippen LogP contribution < -0.4 is 10.2 Å². The largest absolute Gasteiger partial charge is 0.332 e. The summed E-state index contributed by atoms with van der Waals surface area (Å²) < 4.78 is 0. The van der Waals surface area contributed by atoms with Crippen LogP contribution in [-0.4, -0.2) is 27.9 Å². The van der Waals surface area contributed by atoms with Gasteiger partial charge in [-0.25, -0.2) is 0 Å². The summed E-state index contributed by atoms with van der Waals surface area (Å²) >= 11 is 18.0. The predicted octanol–water partition coefficient (Wildman–Crippen LogP) is 5.52. The molecule has 5 nitrogen and oxygen atoms in total. The zero-order valence-electron chi connectivity index (χ0n) is 16.9. The maximum atomic E-state index is 13.4. The number of carbonyl (C=O) groups is 2. The fourth-order valence-corrected chi connectivity index (χ4v) is 4.37. The van der Waals surface area contributed by atoms with Gasteiger partial charge in [-0.15, -0.1) is 0 Å². The lowest BCUT2D eigenvalue weighted by Gasteiger charge is -2.24. The van der Waals surface area contributed by atoms with E-state index in [9.17, 15) is 9.59 Å². The normalized spacial score (nSPS) is 15.9. The average Bonchev–Trinajstić information content (AvgIpc) is 2.99. The summed E-state index contributed by atoms with van der Waals surface area (Å²) in [6.45, 7) is 0.308. The maximum absolute atomic E-state index is 13.4. The summed E-state index contributed by atoms with van der Waals surface area (Å²) in [6, 6.07) is 22.6. The summed E-state index contributed by atoms with van der Waals surface area (Å²) in [5.74, 6) is -0.568. The van der Waals surface area contributed by atoms with E-state index in [1.165, 1.54) is 4.90 Å². The van der Waals surface area contributed by atoms with Crippen LogP contribution in [0.4, 0.5) is 11.4 Å². The molecule has 1 saturated heterocycles. The van der Waals surface area contributed by atoms with Crippen molar-refractivity contribution in [3.63, 3.8) is 0 Å². The third-order valence-electron chi connectivity index (χ3n) is 5.12. The molecule has 8 heteroatoms. The molecule has 0 aromatic heterocycles. The van der Waals surface area contributed by atoms with Crippen LogP contribution in [0.2, 0.25) is 10.0 Å². The van der Waals surface area contributed by atoms with Gasteiger partial charge in [-0.1, -0.05) is 65.7 Å². The van der Waals surface area contributed by atoms with E-state index in [1.54, 1.807) is 35.2 Å². The molecule has 2 amide bonds. The Hall–Kier alpha value is -2.93. The third-order valence-corrected chi connectivity index (χ3v) is 6.14. The Labute approximate surface area is 201 Å². The van der Waals surface area contributed by atoms with Gasteiger partial charge in [-0.05, 0) is 54.2 Å². The Kier molecular flexibility index (Phi) is 6.74. The van der Waals surface area contributed by atoms with Gasteiger partial charge in [-0.2, -0.15) is 0 Å². The lowest BCUT2D eigenvalue weighted by atomic mass is 10.1. The number of para-hydroxylation sites is 1. The molecule has 0 unspecified atom stereocenters. The summed E-state index contributed by atoms with van der Waals surface area (Å²) in [5, 5.41) is 4.22. The molecule has 0 radical (unpaired) electrons. The molecule has 0 spiro atoms. The zero-order valence-corrected chi connectivity index (χ0v) is 19.2. The molecule has 3 aromatic carbocycles. The van der Waals surface area contributed by atoms with Crippen molar-refractivity contribution in [1.82, 2.24) is 4.90 Å². The number of thiocarbonyl (C=S) groups is 1. The molecule has 3 aromatic rings. The van der Waals surface area contributed by atoms with Gasteiger partial charge < -0.3 is 10.2 Å². The molecule has 1 N–H and O–H groups in total. The highest BCUT2D eigenvalue weighted by Crippen LogP contribution is 2.30. The first-order valence-electron chi connectivity index (χ1n) is 9.92. The smallest absolute Gasteiger partial charge is 0.256 e. The van der Waals surface area contributed by atoms with E-state index in [4.69, 9.17) is 35.4 Å². The average molecular weight is 484 g/mol. The third kappa shape index (κ3) is 4.78. The van der Waals surface area contributed by atoms with Crippen LogP contribution in [0.1, 0.15) is 12.0 Å². The number of benzene rings is 3. The van der Waals surface area contributed by atoms with Gasteiger partial charge in [0.25, 0.3) is 5.91 Å². The molecule has 1 aliphatic heterocycles. The van der Waals surface area contributed by atoms with E-state index in [-0.39, 0.29) is 18.2 Å². The lowest BCUT2D eigenvalue weighted by molar-refractivity contribution is -0.124. The zero-order chi connectivity index (χ0) is 22.7. The van der Waals surface area contributed by atoms with Crippen molar-refractivity contribution in [1.29, 1.82) is 0 Å². The molecule has 0 bridgehead atoms. The van der Waals surface area contributed by atoms with E-state index >= 15 is 0 Å². The van der Waals surface area contributed by atoms with Gasteiger partial charge in [0, 0.05) is 22.3 Å². The summed E-state index contributed by atoms with van der Waals surface area (Å²) in [4.78, 5) is 29.5. The molecular weight excluding hydrogens is 465 g/mol. The maximum Gasteiger partial charge on any atom is 0.256 e. The van der Waals surface area contributed by atoms with Gasteiger partial charge in [0.05, 0.1) is 12.1 Å². The van der Waals surface area contributed by atoms with Gasteiger partial charge in [0.1, 0.15) is 6.04 Å². The Morgan fingerprint density at radius 3 is 2.41 bits per heavy atom. The molecule has 0 saturated carbocycles. The lowest BCUT2D eigenvalue weighted by Crippen LogP contribution is -2.37. The van der Waals surface area contributed by atoms with E-state index in [0.29, 0.717) is 33.1 Å². The van der Waals surface area contributed by atoms with Crippen molar-refractivity contribution < 1.29 is 9.59 Å². The highest BCUT2D eigenvalue weighted by atomic mass is 35.5. The molecule has 1 atom stereocenters. The highest BCUT2D eigenvalue weighted by Gasteiger charge is 2.44. The number of carbonyl (C=O) groups excluding carboxylic acids is 2. The van der Waals surface area contributed by atoms with Crippen LogP contribution in [-0.2, 0) is 16.1 Å². The van der Waals surface area contributed by atoms with Crippen molar-refractivity contribution in [2.24, 2.45) is 0 Å². The van der Waals surface area contributed by atoms with E-state index in [0.717, 1.165) is 5.56 Å². The Morgan fingerprint density at radius 1 is 0.969 bits per heavy atom. The molecule has 0 aliphatic carbocycles. The van der Waals surface area contributed by atoms with Crippen molar-refractivity contribution >= 4 is 63.7 Å². The van der Waals surface area contributed by atoms with Crippen molar-refractivity contribution in [3.05, 3.63) is 94.5 Å². The predicted molar refractivity (Wildman–Crippen MR) is 132 cm³/mol. The van der Waals surface area contributed by atoms with Crippen molar-refractivity contribution in [2.75, 3.05) is 10.2 Å². The molecule has 1 fully saturated rings. The SMILES string of the molecule is O=C(C[C@H]1C(=O)N(c2ccccc2)C(=S)N1Cc1ccccc1Cl)Nc1cccc(Cl)c1. The summed E-state index contributed by atoms with van der Waals surface area (Å²) in [7, 11) is 0. The van der Waals surface area contributed by atoms with Gasteiger partial charge >= 0.3 is 0 Å². The van der Waals surface area contributed by atoms with E-state index < -0.39 is 6.04 Å². The minimum absolute atomic E-state index is 0.0702. The van der Waals surface area contributed by atoms with Crippen LogP contribution in [0, 0.1) is 0 Å². The topological polar surface area (TPSA) is 52.7 Å².